The minimum Gasteiger partial charge on any atom is -0.394 e. The third kappa shape index (κ3) is 1.14. The van der Waals surface area contributed by atoms with Crippen LogP contribution in [-0.2, 0) is 4.74 Å². The van der Waals surface area contributed by atoms with Crippen molar-refractivity contribution in [3.8, 4) is 0 Å². The van der Waals surface area contributed by atoms with Gasteiger partial charge in [0.25, 0.3) is 0 Å². The van der Waals surface area contributed by atoms with E-state index in [4.69, 9.17) is 9.84 Å². The lowest BCUT2D eigenvalue weighted by atomic mass is 10.2. The molecular formula is C5H8O2. The van der Waals surface area contributed by atoms with Crippen LogP contribution in [0.3, 0.4) is 0 Å². The van der Waals surface area contributed by atoms with Gasteiger partial charge in [-0.25, -0.2) is 0 Å². The maximum absolute atomic E-state index is 8.40. The average Bonchev–Trinajstić information content (AvgIpc) is 2.14. The summed E-state index contributed by atoms with van der Waals surface area (Å²) in [7, 11) is 0. The van der Waals surface area contributed by atoms with E-state index in [1.807, 2.05) is 0 Å². The third-order valence-electron chi connectivity index (χ3n) is 1.02. The summed E-state index contributed by atoms with van der Waals surface area (Å²) in [5, 5.41) is 8.40. The molecule has 1 saturated heterocycles. The first-order valence-electron chi connectivity index (χ1n) is 2.43. The van der Waals surface area contributed by atoms with Crippen LogP contribution in [0.1, 0.15) is 12.8 Å². The Morgan fingerprint density at radius 3 is 3.00 bits per heavy atom. The quantitative estimate of drug-likeness (QED) is 0.510. The number of rotatable bonds is 1. The van der Waals surface area contributed by atoms with E-state index in [0.29, 0.717) is 0 Å². The van der Waals surface area contributed by atoms with E-state index in [0.717, 1.165) is 12.8 Å². The van der Waals surface area contributed by atoms with Crippen LogP contribution >= 0.6 is 0 Å². The highest BCUT2D eigenvalue weighted by Gasteiger charge is 2.13. The molecule has 1 aliphatic rings. The van der Waals surface area contributed by atoms with E-state index in [1.54, 1.807) is 0 Å². The Hall–Kier alpha value is -0.0800. The van der Waals surface area contributed by atoms with Crippen molar-refractivity contribution in [2.45, 2.75) is 18.9 Å². The van der Waals surface area contributed by atoms with Crippen LogP contribution in [0.4, 0.5) is 0 Å². The van der Waals surface area contributed by atoms with Crippen LogP contribution in [0.2, 0.25) is 0 Å². The predicted molar refractivity (Wildman–Crippen MR) is 24.4 cm³/mol. The van der Waals surface area contributed by atoms with E-state index >= 15 is 0 Å². The highest BCUT2D eigenvalue weighted by atomic mass is 16.5. The summed E-state index contributed by atoms with van der Waals surface area (Å²) in [6.07, 6.45) is 1.84. The van der Waals surface area contributed by atoms with Gasteiger partial charge in [-0.15, -0.1) is 0 Å². The van der Waals surface area contributed by atoms with Crippen molar-refractivity contribution < 1.29 is 9.84 Å². The van der Waals surface area contributed by atoms with Crippen molar-refractivity contribution in [2.24, 2.45) is 0 Å². The summed E-state index contributed by atoms with van der Waals surface area (Å²) in [6, 6.07) is 0. The SMILES string of the molecule is OCC1CC[C]O1. The molecule has 1 rings (SSSR count). The molecule has 1 aliphatic heterocycles. The molecule has 1 unspecified atom stereocenters. The molecule has 0 bridgehead atoms. The maximum Gasteiger partial charge on any atom is 0.132 e. The van der Waals surface area contributed by atoms with Gasteiger partial charge in [0.1, 0.15) is 6.61 Å². The maximum atomic E-state index is 8.40. The topological polar surface area (TPSA) is 29.5 Å². The lowest BCUT2D eigenvalue weighted by molar-refractivity contribution is 0.0869. The van der Waals surface area contributed by atoms with Gasteiger partial charge in [0, 0.05) is 0 Å². The van der Waals surface area contributed by atoms with Crippen LogP contribution in [-0.4, -0.2) is 17.8 Å². The molecule has 2 nitrogen and oxygen atoms in total. The number of aliphatic hydroxyl groups is 1. The van der Waals surface area contributed by atoms with Gasteiger partial charge in [0.05, 0.1) is 12.7 Å². The van der Waals surface area contributed by atoms with Crippen LogP contribution in [0.25, 0.3) is 0 Å². The third-order valence-corrected chi connectivity index (χ3v) is 1.02. The Morgan fingerprint density at radius 1 is 1.86 bits per heavy atom. The fourth-order valence-electron chi connectivity index (χ4n) is 0.584. The number of aliphatic hydroxyl groups excluding tert-OH is 1. The molecule has 0 amide bonds. The first kappa shape index (κ1) is 5.06. The second-order valence-corrected chi connectivity index (χ2v) is 1.61. The van der Waals surface area contributed by atoms with Crippen molar-refractivity contribution in [1.29, 1.82) is 0 Å². The van der Waals surface area contributed by atoms with E-state index in [-0.39, 0.29) is 12.7 Å². The summed E-state index contributed by atoms with van der Waals surface area (Å²) in [5.41, 5.74) is 0. The molecule has 2 radical (unpaired) electrons. The van der Waals surface area contributed by atoms with Crippen molar-refractivity contribution in [3.63, 3.8) is 0 Å². The number of ether oxygens (including phenoxy) is 1. The van der Waals surface area contributed by atoms with E-state index in [9.17, 15) is 0 Å². The summed E-state index contributed by atoms with van der Waals surface area (Å²) < 4.78 is 4.80. The molecule has 1 heterocycles. The monoisotopic (exact) mass is 100 g/mol. The first-order valence-corrected chi connectivity index (χ1v) is 2.43. The number of hydrogen-bond acceptors (Lipinski definition) is 2. The smallest absolute Gasteiger partial charge is 0.132 e. The predicted octanol–water partition coefficient (Wildman–Crippen LogP) is 0.196. The van der Waals surface area contributed by atoms with E-state index in [2.05, 4.69) is 6.61 Å². The Morgan fingerprint density at radius 2 is 2.71 bits per heavy atom. The highest BCUT2D eigenvalue weighted by Crippen LogP contribution is 2.13. The fraction of sp³-hybridized carbons (Fsp3) is 0.800. The normalized spacial score (nSPS) is 31.3. The Labute approximate surface area is 43.1 Å². The van der Waals surface area contributed by atoms with E-state index in [1.165, 1.54) is 0 Å². The second kappa shape index (κ2) is 2.28. The second-order valence-electron chi connectivity index (χ2n) is 1.61. The molecule has 0 spiro atoms. The first-order chi connectivity index (χ1) is 3.43. The van der Waals surface area contributed by atoms with Gasteiger partial charge in [-0.1, -0.05) is 0 Å². The molecule has 40 valence electrons. The van der Waals surface area contributed by atoms with Crippen LogP contribution in [0.5, 0.6) is 0 Å². The van der Waals surface area contributed by atoms with Crippen LogP contribution in [0.15, 0.2) is 0 Å². The highest BCUT2D eigenvalue weighted by molar-refractivity contribution is 4.69. The van der Waals surface area contributed by atoms with Gasteiger partial charge < -0.3 is 9.84 Å². The van der Waals surface area contributed by atoms with Gasteiger partial charge in [-0.3, -0.25) is 0 Å². The van der Waals surface area contributed by atoms with Gasteiger partial charge >= 0.3 is 0 Å². The average molecular weight is 100 g/mol. The largest absolute Gasteiger partial charge is 0.394 e. The van der Waals surface area contributed by atoms with E-state index < -0.39 is 0 Å². The van der Waals surface area contributed by atoms with Gasteiger partial charge in [-0.2, -0.15) is 0 Å². The Bertz CT molecular complexity index is 48.0. The summed E-state index contributed by atoms with van der Waals surface area (Å²) in [5.74, 6) is 0. The molecule has 0 saturated carbocycles. The van der Waals surface area contributed by atoms with Crippen LogP contribution < -0.4 is 0 Å². The fourth-order valence-corrected chi connectivity index (χ4v) is 0.584. The molecule has 0 aromatic heterocycles. The Kier molecular flexibility index (Phi) is 1.65. The van der Waals surface area contributed by atoms with Gasteiger partial charge in [-0.05, 0) is 12.8 Å². The zero-order valence-corrected chi connectivity index (χ0v) is 4.05. The zero-order chi connectivity index (χ0) is 5.11. The van der Waals surface area contributed by atoms with Crippen molar-refractivity contribution >= 4 is 0 Å². The zero-order valence-electron chi connectivity index (χ0n) is 4.05. The lowest BCUT2D eigenvalue weighted by Gasteiger charge is -1.99. The van der Waals surface area contributed by atoms with Crippen molar-refractivity contribution in [1.82, 2.24) is 0 Å². The summed E-state index contributed by atoms with van der Waals surface area (Å²) in [6.45, 7) is 2.80. The van der Waals surface area contributed by atoms with Gasteiger partial charge in [0.15, 0.2) is 0 Å². The minimum atomic E-state index is 0.0417. The molecule has 0 aromatic rings. The molecule has 1 N–H and O–H groups in total. The molecule has 1 atom stereocenters. The number of hydrogen-bond donors (Lipinski definition) is 1. The Balaban J connectivity index is 2.14. The van der Waals surface area contributed by atoms with Crippen LogP contribution in [0, 0.1) is 6.61 Å². The van der Waals surface area contributed by atoms with Crippen molar-refractivity contribution in [3.05, 3.63) is 6.61 Å². The molecular weight excluding hydrogens is 92.1 g/mol. The molecule has 0 aliphatic carbocycles. The lowest BCUT2D eigenvalue weighted by Crippen LogP contribution is -2.08. The molecule has 7 heavy (non-hydrogen) atoms. The van der Waals surface area contributed by atoms with Gasteiger partial charge in [0.2, 0.25) is 0 Å². The molecule has 1 fully saturated rings. The summed E-state index contributed by atoms with van der Waals surface area (Å²) in [4.78, 5) is 0. The minimum absolute atomic E-state index is 0.0417. The summed E-state index contributed by atoms with van der Waals surface area (Å²) >= 11 is 0. The standard InChI is InChI=1S/C5H8O2/c6-4-5-2-1-3-7-5/h5-6H,1-2,4H2. The molecule has 2 heteroatoms. The molecule has 0 aromatic carbocycles. The van der Waals surface area contributed by atoms with Crippen molar-refractivity contribution in [2.75, 3.05) is 6.61 Å².